The highest BCUT2D eigenvalue weighted by Crippen LogP contribution is 2.63. The minimum atomic E-state index is -0.287. The Morgan fingerprint density at radius 3 is 2.61 bits per heavy atom. The smallest absolute Gasteiger partial charge is 0.0684 e. The lowest BCUT2D eigenvalue weighted by molar-refractivity contribution is -0.0627. The molecule has 0 aromatic rings. The minimum Gasteiger partial charge on any atom is -0.390 e. The number of hydrogen-bond acceptors (Lipinski definition) is 1. The highest BCUT2D eigenvalue weighted by molar-refractivity contribution is 5.10. The fourth-order valence-corrected chi connectivity index (χ4v) is 5.96. The molecule has 1 nitrogen and oxygen atoms in total. The molecule has 104 valence electrons. The van der Waals surface area contributed by atoms with Crippen molar-refractivity contribution in [2.45, 2.75) is 71.3 Å². The second-order valence-corrected chi connectivity index (χ2v) is 8.11. The fourth-order valence-electron chi connectivity index (χ4n) is 5.96. The lowest BCUT2D eigenvalue weighted by Crippen LogP contribution is -2.42. The largest absolute Gasteiger partial charge is 0.390 e. The SMILES string of the molecule is CC(C)CC(C)CC1(O)CC2CC1C1CCCC21. The van der Waals surface area contributed by atoms with Gasteiger partial charge in [-0.25, -0.2) is 0 Å². The van der Waals surface area contributed by atoms with Crippen LogP contribution in [0.2, 0.25) is 0 Å². The first-order valence-electron chi connectivity index (χ1n) is 8.22. The van der Waals surface area contributed by atoms with Crippen LogP contribution in [0.25, 0.3) is 0 Å². The van der Waals surface area contributed by atoms with Crippen molar-refractivity contribution >= 4 is 0 Å². The Morgan fingerprint density at radius 2 is 1.89 bits per heavy atom. The van der Waals surface area contributed by atoms with E-state index in [0.29, 0.717) is 11.8 Å². The molecule has 0 radical (unpaired) electrons. The molecule has 0 saturated heterocycles. The van der Waals surface area contributed by atoms with Gasteiger partial charge in [-0.15, -0.1) is 0 Å². The molecule has 0 aromatic carbocycles. The van der Waals surface area contributed by atoms with E-state index in [1.165, 1.54) is 32.1 Å². The van der Waals surface area contributed by atoms with E-state index in [-0.39, 0.29) is 5.60 Å². The molecular weight excluding hydrogens is 220 g/mol. The van der Waals surface area contributed by atoms with E-state index in [0.717, 1.165) is 36.5 Å². The molecule has 6 unspecified atom stereocenters. The van der Waals surface area contributed by atoms with Crippen molar-refractivity contribution in [1.29, 1.82) is 0 Å². The van der Waals surface area contributed by atoms with E-state index in [1.807, 2.05) is 0 Å². The third-order valence-electron chi connectivity index (χ3n) is 6.19. The van der Waals surface area contributed by atoms with Gasteiger partial charge in [0, 0.05) is 0 Å². The van der Waals surface area contributed by atoms with Crippen LogP contribution < -0.4 is 0 Å². The van der Waals surface area contributed by atoms with Crippen molar-refractivity contribution in [3.8, 4) is 0 Å². The predicted molar refractivity (Wildman–Crippen MR) is 75.2 cm³/mol. The number of fused-ring (bicyclic) bond motifs is 5. The zero-order valence-corrected chi connectivity index (χ0v) is 12.4. The first-order valence-corrected chi connectivity index (χ1v) is 8.22. The maximum absolute atomic E-state index is 11.1. The summed E-state index contributed by atoms with van der Waals surface area (Å²) in [5.74, 6) is 4.87. The van der Waals surface area contributed by atoms with Crippen LogP contribution >= 0.6 is 0 Å². The number of rotatable bonds is 4. The Kier molecular flexibility index (Phi) is 3.25. The summed E-state index contributed by atoms with van der Waals surface area (Å²) >= 11 is 0. The van der Waals surface area contributed by atoms with Crippen molar-refractivity contribution in [2.24, 2.45) is 35.5 Å². The molecule has 18 heavy (non-hydrogen) atoms. The second kappa shape index (κ2) is 4.51. The molecular formula is C17H30O. The summed E-state index contributed by atoms with van der Waals surface area (Å²) in [7, 11) is 0. The Hall–Kier alpha value is -0.0400. The van der Waals surface area contributed by atoms with Crippen LogP contribution in [0.15, 0.2) is 0 Å². The first-order chi connectivity index (χ1) is 8.49. The monoisotopic (exact) mass is 250 g/mol. The summed E-state index contributed by atoms with van der Waals surface area (Å²) in [4.78, 5) is 0. The van der Waals surface area contributed by atoms with Crippen molar-refractivity contribution < 1.29 is 5.11 Å². The standard InChI is InChI=1S/C17H30O/c1-11(2)7-12(3)9-17(18)10-13-8-16(17)15-6-4-5-14(13)15/h11-16,18H,4-10H2,1-3H3. The van der Waals surface area contributed by atoms with E-state index in [9.17, 15) is 5.11 Å². The third-order valence-corrected chi connectivity index (χ3v) is 6.19. The summed E-state index contributed by atoms with van der Waals surface area (Å²) in [6.07, 6.45) is 9.11. The molecule has 1 N–H and O–H groups in total. The van der Waals surface area contributed by atoms with Gasteiger partial charge < -0.3 is 5.11 Å². The van der Waals surface area contributed by atoms with Gasteiger partial charge in [-0.2, -0.15) is 0 Å². The predicted octanol–water partition coefficient (Wildman–Crippen LogP) is 4.25. The normalized spacial score (nSPS) is 47.8. The number of hydrogen-bond donors (Lipinski definition) is 1. The summed E-state index contributed by atoms with van der Waals surface area (Å²) in [5.41, 5.74) is -0.287. The zero-order valence-electron chi connectivity index (χ0n) is 12.4. The molecule has 0 aromatic heterocycles. The summed E-state index contributed by atoms with van der Waals surface area (Å²) in [5, 5.41) is 11.1. The van der Waals surface area contributed by atoms with E-state index in [1.54, 1.807) is 0 Å². The van der Waals surface area contributed by atoms with Gasteiger partial charge in [0.05, 0.1) is 5.60 Å². The van der Waals surface area contributed by atoms with E-state index in [4.69, 9.17) is 0 Å². The lowest BCUT2D eigenvalue weighted by Gasteiger charge is -2.40. The molecule has 0 amide bonds. The van der Waals surface area contributed by atoms with Crippen LogP contribution in [0.1, 0.15) is 65.7 Å². The Morgan fingerprint density at radius 1 is 1.17 bits per heavy atom. The molecule has 3 fully saturated rings. The number of aliphatic hydroxyl groups is 1. The molecule has 0 spiro atoms. The quantitative estimate of drug-likeness (QED) is 0.791. The van der Waals surface area contributed by atoms with Crippen molar-refractivity contribution in [3.63, 3.8) is 0 Å². The van der Waals surface area contributed by atoms with Gasteiger partial charge in [-0.3, -0.25) is 0 Å². The first kappa shape index (κ1) is 13.0. The molecule has 3 aliphatic carbocycles. The highest BCUT2D eigenvalue weighted by atomic mass is 16.3. The van der Waals surface area contributed by atoms with Gasteiger partial charge in [-0.05, 0) is 74.0 Å². The molecule has 0 aliphatic heterocycles. The van der Waals surface area contributed by atoms with E-state index >= 15 is 0 Å². The van der Waals surface area contributed by atoms with Gasteiger partial charge in [0.25, 0.3) is 0 Å². The Balaban J connectivity index is 1.66. The van der Waals surface area contributed by atoms with Gasteiger partial charge in [0.15, 0.2) is 0 Å². The van der Waals surface area contributed by atoms with Crippen LogP contribution in [0.5, 0.6) is 0 Å². The van der Waals surface area contributed by atoms with Gasteiger partial charge in [-0.1, -0.05) is 27.2 Å². The Labute approximate surface area is 112 Å². The van der Waals surface area contributed by atoms with Gasteiger partial charge in [0.1, 0.15) is 0 Å². The van der Waals surface area contributed by atoms with Crippen molar-refractivity contribution in [2.75, 3.05) is 0 Å². The molecule has 1 heteroatoms. The van der Waals surface area contributed by atoms with Crippen LogP contribution in [0.3, 0.4) is 0 Å². The van der Waals surface area contributed by atoms with Gasteiger partial charge >= 0.3 is 0 Å². The maximum atomic E-state index is 11.1. The van der Waals surface area contributed by atoms with Crippen LogP contribution in [-0.4, -0.2) is 10.7 Å². The van der Waals surface area contributed by atoms with Crippen molar-refractivity contribution in [1.82, 2.24) is 0 Å². The van der Waals surface area contributed by atoms with Crippen LogP contribution in [-0.2, 0) is 0 Å². The fraction of sp³-hybridized carbons (Fsp3) is 1.00. The summed E-state index contributed by atoms with van der Waals surface area (Å²) in [6.45, 7) is 6.94. The highest BCUT2D eigenvalue weighted by Gasteiger charge is 2.60. The van der Waals surface area contributed by atoms with Crippen LogP contribution in [0, 0.1) is 35.5 Å². The topological polar surface area (TPSA) is 20.2 Å². The summed E-state index contributed by atoms with van der Waals surface area (Å²) in [6, 6.07) is 0. The average molecular weight is 250 g/mol. The molecule has 2 bridgehead atoms. The molecule has 3 saturated carbocycles. The zero-order chi connectivity index (χ0) is 12.9. The van der Waals surface area contributed by atoms with E-state index in [2.05, 4.69) is 20.8 Å². The molecule has 3 aliphatic rings. The van der Waals surface area contributed by atoms with E-state index < -0.39 is 0 Å². The van der Waals surface area contributed by atoms with Crippen LogP contribution in [0.4, 0.5) is 0 Å². The lowest BCUT2D eigenvalue weighted by atomic mass is 9.69. The van der Waals surface area contributed by atoms with Crippen molar-refractivity contribution in [3.05, 3.63) is 0 Å². The Bertz CT molecular complexity index is 311. The minimum absolute atomic E-state index is 0.287. The molecule has 3 rings (SSSR count). The molecule has 0 heterocycles. The maximum Gasteiger partial charge on any atom is 0.0684 e. The molecule has 6 atom stereocenters. The van der Waals surface area contributed by atoms with Gasteiger partial charge in [0.2, 0.25) is 0 Å². The third kappa shape index (κ3) is 2.03. The summed E-state index contributed by atoms with van der Waals surface area (Å²) < 4.78 is 0. The second-order valence-electron chi connectivity index (χ2n) is 8.11. The average Bonchev–Trinajstić information content (AvgIpc) is 2.84.